The third-order valence-electron chi connectivity index (χ3n) is 4.31. The molecule has 0 unspecified atom stereocenters. The highest BCUT2D eigenvalue weighted by Gasteiger charge is 2.07. The van der Waals surface area contributed by atoms with Crippen LogP contribution in [-0.4, -0.2) is 17.1 Å². The van der Waals surface area contributed by atoms with Crippen LogP contribution in [0.2, 0.25) is 0 Å². The molecule has 3 aromatic carbocycles. The number of hydrogen-bond acceptors (Lipinski definition) is 2. The fraction of sp³-hybridized carbons (Fsp3) is 0.0476. The minimum Gasteiger partial charge on any atom is -0.358 e. The van der Waals surface area contributed by atoms with Gasteiger partial charge in [-0.2, -0.15) is 5.10 Å². The smallest absolute Gasteiger partial charge is 0.271 e. The standard InChI is InChI=1S/C21H17N3O/c1-14-19(18-8-4-5-9-20(18)23-14)13-22-24-21(25)17-11-10-15-6-2-3-7-16(15)12-17/h2-13,23H,1H3,(H,24,25)/b22-13-. The summed E-state index contributed by atoms with van der Waals surface area (Å²) in [5.41, 5.74) is 6.26. The summed E-state index contributed by atoms with van der Waals surface area (Å²) in [5, 5.41) is 7.37. The van der Waals surface area contributed by atoms with Crippen molar-refractivity contribution >= 4 is 33.8 Å². The van der Waals surface area contributed by atoms with Crippen molar-refractivity contribution in [2.45, 2.75) is 6.92 Å². The fourth-order valence-corrected chi connectivity index (χ4v) is 3.02. The van der Waals surface area contributed by atoms with Gasteiger partial charge in [-0.05, 0) is 35.9 Å². The molecule has 0 aliphatic heterocycles. The van der Waals surface area contributed by atoms with E-state index in [1.54, 1.807) is 6.21 Å². The van der Waals surface area contributed by atoms with E-state index in [2.05, 4.69) is 15.5 Å². The first-order valence-electron chi connectivity index (χ1n) is 8.12. The third-order valence-corrected chi connectivity index (χ3v) is 4.31. The number of rotatable bonds is 3. The van der Waals surface area contributed by atoms with Gasteiger partial charge in [-0.15, -0.1) is 0 Å². The summed E-state index contributed by atoms with van der Waals surface area (Å²) in [6.45, 7) is 1.99. The highest BCUT2D eigenvalue weighted by Crippen LogP contribution is 2.20. The Balaban J connectivity index is 1.56. The number of fused-ring (bicyclic) bond motifs is 2. The molecular weight excluding hydrogens is 310 g/mol. The first-order chi connectivity index (χ1) is 12.2. The molecule has 0 saturated heterocycles. The second-order valence-corrected chi connectivity index (χ2v) is 5.97. The van der Waals surface area contributed by atoms with E-state index in [-0.39, 0.29) is 5.91 Å². The van der Waals surface area contributed by atoms with Gasteiger partial charge in [0.15, 0.2) is 0 Å². The second-order valence-electron chi connectivity index (χ2n) is 5.97. The molecule has 2 N–H and O–H groups in total. The second kappa shape index (κ2) is 6.24. The topological polar surface area (TPSA) is 57.2 Å². The molecule has 4 heteroatoms. The molecule has 0 bridgehead atoms. The van der Waals surface area contributed by atoms with Crippen LogP contribution in [0.4, 0.5) is 0 Å². The summed E-state index contributed by atoms with van der Waals surface area (Å²) in [5.74, 6) is -0.223. The molecule has 25 heavy (non-hydrogen) atoms. The Kier molecular flexibility index (Phi) is 3.78. The largest absolute Gasteiger partial charge is 0.358 e. The van der Waals surface area contributed by atoms with Crippen LogP contribution < -0.4 is 5.43 Å². The van der Waals surface area contributed by atoms with E-state index < -0.39 is 0 Å². The number of hydrogen-bond donors (Lipinski definition) is 2. The van der Waals surface area contributed by atoms with Crippen LogP contribution in [0, 0.1) is 6.92 Å². The quantitative estimate of drug-likeness (QED) is 0.425. The normalized spacial score (nSPS) is 11.4. The van der Waals surface area contributed by atoms with E-state index in [0.717, 1.165) is 32.9 Å². The minimum atomic E-state index is -0.223. The molecule has 1 heterocycles. The summed E-state index contributed by atoms with van der Waals surface area (Å²) in [4.78, 5) is 15.6. The number of aromatic amines is 1. The molecule has 0 fully saturated rings. The van der Waals surface area contributed by atoms with Crippen molar-refractivity contribution in [3.63, 3.8) is 0 Å². The predicted molar refractivity (Wildman–Crippen MR) is 102 cm³/mol. The Morgan fingerprint density at radius 1 is 1.00 bits per heavy atom. The fourth-order valence-electron chi connectivity index (χ4n) is 3.02. The summed E-state index contributed by atoms with van der Waals surface area (Å²) >= 11 is 0. The van der Waals surface area contributed by atoms with Gasteiger partial charge < -0.3 is 4.98 Å². The Bertz CT molecular complexity index is 1110. The van der Waals surface area contributed by atoms with Crippen LogP contribution in [-0.2, 0) is 0 Å². The van der Waals surface area contributed by atoms with E-state index in [9.17, 15) is 4.79 Å². The van der Waals surface area contributed by atoms with E-state index >= 15 is 0 Å². The molecule has 0 radical (unpaired) electrons. The molecule has 0 saturated carbocycles. The number of H-pyrrole nitrogens is 1. The van der Waals surface area contributed by atoms with Crippen LogP contribution in [0.1, 0.15) is 21.6 Å². The van der Waals surface area contributed by atoms with E-state index in [0.29, 0.717) is 5.56 Å². The Labute approximate surface area is 145 Å². The lowest BCUT2D eigenvalue weighted by atomic mass is 10.1. The number of aryl methyl sites for hydroxylation is 1. The Morgan fingerprint density at radius 3 is 2.64 bits per heavy atom. The predicted octanol–water partition coefficient (Wildman–Crippen LogP) is 4.39. The van der Waals surface area contributed by atoms with Gasteiger partial charge in [0.25, 0.3) is 5.91 Å². The molecule has 0 atom stereocenters. The number of carbonyl (C=O) groups is 1. The molecule has 4 aromatic rings. The van der Waals surface area contributed by atoms with Crippen molar-refractivity contribution in [3.05, 3.63) is 83.6 Å². The number of hydrazone groups is 1. The summed E-state index contributed by atoms with van der Waals surface area (Å²) < 4.78 is 0. The van der Waals surface area contributed by atoms with Crippen LogP contribution in [0.15, 0.2) is 71.8 Å². The molecular formula is C21H17N3O. The summed E-state index contributed by atoms with van der Waals surface area (Å²) in [7, 11) is 0. The zero-order valence-electron chi connectivity index (χ0n) is 13.8. The maximum atomic E-state index is 12.3. The number of nitrogens with zero attached hydrogens (tertiary/aromatic N) is 1. The van der Waals surface area contributed by atoms with Crippen molar-refractivity contribution < 1.29 is 4.79 Å². The SMILES string of the molecule is Cc1[nH]c2ccccc2c1/C=N\NC(=O)c1ccc2ccccc2c1. The highest BCUT2D eigenvalue weighted by atomic mass is 16.2. The number of para-hydroxylation sites is 1. The van der Waals surface area contributed by atoms with Gasteiger partial charge in [-0.3, -0.25) is 4.79 Å². The van der Waals surface area contributed by atoms with Gasteiger partial charge in [0.1, 0.15) is 0 Å². The molecule has 4 rings (SSSR count). The van der Waals surface area contributed by atoms with Crippen molar-refractivity contribution in [2.24, 2.45) is 5.10 Å². The van der Waals surface area contributed by atoms with Crippen LogP contribution in [0.3, 0.4) is 0 Å². The van der Waals surface area contributed by atoms with Gasteiger partial charge >= 0.3 is 0 Å². The number of carbonyl (C=O) groups excluding carboxylic acids is 1. The van der Waals surface area contributed by atoms with Gasteiger partial charge in [-0.25, -0.2) is 5.43 Å². The van der Waals surface area contributed by atoms with E-state index in [4.69, 9.17) is 0 Å². The lowest BCUT2D eigenvalue weighted by molar-refractivity contribution is 0.0955. The van der Waals surface area contributed by atoms with Crippen molar-refractivity contribution in [3.8, 4) is 0 Å². The number of benzene rings is 3. The molecule has 1 aromatic heterocycles. The van der Waals surface area contributed by atoms with Gasteiger partial charge in [0.05, 0.1) is 6.21 Å². The number of nitrogens with one attached hydrogen (secondary N) is 2. The zero-order valence-corrected chi connectivity index (χ0v) is 13.8. The molecule has 0 spiro atoms. The van der Waals surface area contributed by atoms with Crippen LogP contribution in [0.25, 0.3) is 21.7 Å². The monoisotopic (exact) mass is 327 g/mol. The third kappa shape index (κ3) is 2.90. The molecule has 4 nitrogen and oxygen atoms in total. The first kappa shape index (κ1) is 15.1. The molecule has 1 amide bonds. The van der Waals surface area contributed by atoms with E-state index in [1.165, 1.54) is 0 Å². The van der Waals surface area contributed by atoms with Crippen molar-refractivity contribution in [1.29, 1.82) is 0 Å². The first-order valence-corrected chi connectivity index (χ1v) is 8.12. The van der Waals surface area contributed by atoms with Gasteiger partial charge in [0.2, 0.25) is 0 Å². The lowest BCUT2D eigenvalue weighted by Gasteiger charge is -2.02. The molecule has 0 aliphatic carbocycles. The van der Waals surface area contributed by atoms with Crippen molar-refractivity contribution in [2.75, 3.05) is 0 Å². The maximum absolute atomic E-state index is 12.3. The number of aromatic nitrogens is 1. The molecule has 0 aliphatic rings. The minimum absolute atomic E-state index is 0.223. The van der Waals surface area contributed by atoms with Crippen LogP contribution in [0.5, 0.6) is 0 Å². The van der Waals surface area contributed by atoms with Crippen LogP contribution >= 0.6 is 0 Å². The molecule has 122 valence electrons. The van der Waals surface area contributed by atoms with Gasteiger partial charge in [0, 0.05) is 27.7 Å². The Morgan fingerprint density at radius 2 is 1.76 bits per heavy atom. The lowest BCUT2D eigenvalue weighted by Crippen LogP contribution is -2.17. The maximum Gasteiger partial charge on any atom is 0.271 e. The highest BCUT2D eigenvalue weighted by molar-refractivity contribution is 6.02. The van der Waals surface area contributed by atoms with Crippen molar-refractivity contribution in [1.82, 2.24) is 10.4 Å². The Hall–Kier alpha value is -3.40. The summed E-state index contributed by atoms with van der Waals surface area (Å²) in [6, 6.07) is 21.6. The summed E-state index contributed by atoms with van der Waals surface area (Å²) in [6.07, 6.45) is 1.69. The van der Waals surface area contributed by atoms with E-state index in [1.807, 2.05) is 73.7 Å². The number of amides is 1. The van der Waals surface area contributed by atoms with Gasteiger partial charge in [-0.1, -0.05) is 48.5 Å². The zero-order chi connectivity index (χ0) is 17.2. The average Bonchev–Trinajstić information content (AvgIpc) is 2.96. The average molecular weight is 327 g/mol.